The van der Waals surface area contributed by atoms with E-state index in [0.29, 0.717) is 24.2 Å². The number of pyridine rings is 2. The summed E-state index contributed by atoms with van der Waals surface area (Å²) in [5.74, 6) is 1.60. The highest BCUT2D eigenvalue weighted by Crippen LogP contribution is 2.35. The second kappa shape index (κ2) is 6.95. The monoisotopic (exact) mass is 352 g/mol. The molecule has 26 heavy (non-hydrogen) atoms. The van der Waals surface area contributed by atoms with Gasteiger partial charge in [-0.1, -0.05) is 6.92 Å². The third-order valence-electron chi connectivity index (χ3n) is 5.89. The van der Waals surface area contributed by atoms with Crippen LogP contribution in [-0.4, -0.2) is 34.9 Å². The molecule has 2 N–H and O–H groups in total. The molecule has 0 bridgehead atoms. The summed E-state index contributed by atoms with van der Waals surface area (Å²) >= 11 is 0. The third-order valence-corrected chi connectivity index (χ3v) is 5.89. The smallest absolute Gasteiger partial charge is 0.150 e. The van der Waals surface area contributed by atoms with Gasteiger partial charge >= 0.3 is 0 Å². The molecule has 4 rings (SSSR count). The van der Waals surface area contributed by atoms with Crippen LogP contribution in [0, 0.1) is 24.7 Å². The Morgan fingerprint density at radius 3 is 2.92 bits per heavy atom. The van der Waals surface area contributed by atoms with E-state index < -0.39 is 0 Å². The predicted molar refractivity (Wildman–Crippen MR) is 104 cm³/mol. The van der Waals surface area contributed by atoms with Crippen molar-refractivity contribution in [2.45, 2.75) is 45.6 Å². The molecular formula is C21H28N4O. The van der Waals surface area contributed by atoms with Gasteiger partial charge in [0.25, 0.3) is 0 Å². The van der Waals surface area contributed by atoms with Crippen LogP contribution >= 0.6 is 0 Å². The summed E-state index contributed by atoms with van der Waals surface area (Å²) in [5, 5.41) is 1.15. The van der Waals surface area contributed by atoms with Crippen LogP contribution in [0.4, 0.5) is 5.69 Å². The van der Waals surface area contributed by atoms with E-state index in [1.807, 2.05) is 25.4 Å². The molecular weight excluding hydrogens is 324 g/mol. The summed E-state index contributed by atoms with van der Waals surface area (Å²) in [6.45, 7) is 6.15. The molecule has 0 spiro atoms. The first-order chi connectivity index (χ1) is 12.5. The average Bonchev–Trinajstić information content (AvgIpc) is 3.46. The maximum atomic E-state index is 12.5. The number of carbonyl (C=O) groups excluding carboxylic acids is 1. The van der Waals surface area contributed by atoms with Gasteiger partial charge in [-0.2, -0.15) is 0 Å². The highest BCUT2D eigenvalue weighted by Gasteiger charge is 2.35. The molecule has 0 unspecified atom stereocenters. The van der Waals surface area contributed by atoms with Crippen LogP contribution in [0.3, 0.4) is 0 Å². The summed E-state index contributed by atoms with van der Waals surface area (Å²) in [6.07, 6.45) is 7.72. The van der Waals surface area contributed by atoms with Crippen molar-refractivity contribution in [2.24, 2.45) is 23.5 Å². The molecule has 2 fully saturated rings. The molecule has 2 aliphatic rings. The molecule has 2 aromatic heterocycles. The molecule has 2 aromatic rings. The number of piperidine rings is 1. The lowest BCUT2D eigenvalue weighted by Gasteiger charge is -2.38. The normalized spacial score (nSPS) is 24.7. The molecule has 3 atom stereocenters. The van der Waals surface area contributed by atoms with Gasteiger partial charge in [-0.3, -0.25) is 14.8 Å². The summed E-state index contributed by atoms with van der Waals surface area (Å²) in [4.78, 5) is 24.0. The highest BCUT2D eigenvalue weighted by atomic mass is 16.1. The minimum atomic E-state index is -0.244. The number of ketones is 1. The second-order valence-corrected chi connectivity index (χ2v) is 8.27. The number of nitrogens with zero attached hydrogens (tertiary/aromatic N) is 3. The minimum Gasteiger partial charge on any atom is -0.369 e. The van der Waals surface area contributed by atoms with Gasteiger partial charge in [0.1, 0.15) is 5.78 Å². The summed E-state index contributed by atoms with van der Waals surface area (Å²) in [6, 6.07) is 3.86. The van der Waals surface area contributed by atoms with Crippen molar-refractivity contribution in [1.82, 2.24) is 9.97 Å². The first kappa shape index (κ1) is 17.4. The number of Topliss-reactive ketones (excluding diaryl/α,β-unsaturated/α-hetero) is 1. The van der Waals surface area contributed by atoms with Crippen molar-refractivity contribution in [1.29, 1.82) is 0 Å². The number of anilines is 1. The number of rotatable bonds is 5. The number of hydrogen-bond donors (Lipinski definition) is 1. The highest BCUT2D eigenvalue weighted by molar-refractivity contribution is 5.92. The van der Waals surface area contributed by atoms with Crippen molar-refractivity contribution in [2.75, 3.05) is 18.0 Å². The van der Waals surface area contributed by atoms with Crippen LogP contribution in [-0.2, 0) is 4.79 Å². The number of carbonyl (C=O) groups is 1. The van der Waals surface area contributed by atoms with E-state index in [9.17, 15) is 4.79 Å². The van der Waals surface area contributed by atoms with E-state index >= 15 is 0 Å². The SMILES string of the molecule is Cc1ncc(N2C[C@@H](C)C[C@@H](CC(=O)[C@H](N)C3CC3)C2)c2cccnc12. The number of aryl methyl sites for hydroxylation is 1. The van der Waals surface area contributed by atoms with Gasteiger partial charge in [0.2, 0.25) is 0 Å². The summed E-state index contributed by atoms with van der Waals surface area (Å²) in [7, 11) is 0. The molecule has 5 nitrogen and oxygen atoms in total. The summed E-state index contributed by atoms with van der Waals surface area (Å²) in [5.41, 5.74) is 9.18. The molecule has 0 radical (unpaired) electrons. The zero-order valence-electron chi connectivity index (χ0n) is 15.7. The zero-order valence-corrected chi connectivity index (χ0v) is 15.7. The van der Waals surface area contributed by atoms with E-state index in [1.165, 1.54) is 0 Å². The first-order valence-electron chi connectivity index (χ1n) is 9.76. The molecule has 0 amide bonds. The van der Waals surface area contributed by atoms with Gasteiger partial charge < -0.3 is 10.6 Å². The van der Waals surface area contributed by atoms with Gasteiger partial charge in [-0.25, -0.2) is 0 Å². The number of nitrogens with two attached hydrogens (primary N) is 1. The first-order valence-corrected chi connectivity index (χ1v) is 9.76. The molecule has 1 saturated heterocycles. The fourth-order valence-electron chi connectivity index (χ4n) is 4.40. The fraction of sp³-hybridized carbons (Fsp3) is 0.571. The summed E-state index contributed by atoms with van der Waals surface area (Å²) < 4.78 is 0. The van der Waals surface area contributed by atoms with Gasteiger partial charge in [0, 0.05) is 31.1 Å². The lowest BCUT2D eigenvalue weighted by Crippen LogP contribution is -2.42. The lowest BCUT2D eigenvalue weighted by molar-refractivity contribution is -0.121. The van der Waals surface area contributed by atoms with E-state index in [0.717, 1.165) is 54.6 Å². The van der Waals surface area contributed by atoms with E-state index in [1.54, 1.807) is 0 Å². The standard InChI is InChI=1S/C21H28N4O/c1-13-8-15(9-19(26)20(22)16-5-6-16)12-25(11-13)18-10-24-14(2)21-17(18)4-3-7-23-21/h3-4,7,10,13,15-16,20H,5-6,8-9,11-12,22H2,1-2H3/t13-,15-,20+/m0/s1. The zero-order chi connectivity index (χ0) is 18.3. The Bertz CT molecular complexity index is 817. The van der Waals surface area contributed by atoms with Gasteiger partial charge in [-0.05, 0) is 56.1 Å². The molecule has 5 heteroatoms. The van der Waals surface area contributed by atoms with Gasteiger partial charge in [0.15, 0.2) is 0 Å². The third kappa shape index (κ3) is 3.45. The van der Waals surface area contributed by atoms with Crippen LogP contribution in [0.5, 0.6) is 0 Å². The average molecular weight is 352 g/mol. The predicted octanol–water partition coefficient (Wildman–Crippen LogP) is 3.10. The van der Waals surface area contributed by atoms with Crippen molar-refractivity contribution in [3.63, 3.8) is 0 Å². The van der Waals surface area contributed by atoms with Crippen LogP contribution in [0.1, 0.15) is 38.3 Å². The van der Waals surface area contributed by atoms with E-state index in [-0.39, 0.29) is 11.8 Å². The van der Waals surface area contributed by atoms with Gasteiger partial charge in [-0.15, -0.1) is 0 Å². The van der Waals surface area contributed by atoms with Crippen molar-refractivity contribution >= 4 is 22.4 Å². The molecule has 1 aliphatic carbocycles. The number of aromatic nitrogens is 2. The Morgan fingerprint density at radius 2 is 2.15 bits per heavy atom. The van der Waals surface area contributed by atoms with Gasteiger partial charge in [0.05, 0.1) is 29.1 Å². The molecule has 0 aromatic carbocycles. The number of fused-ring (bicyclic) bond motifs is 1. The largest absolute Gasteiger partial charge is 0.369 e. The van der Waals surface area contributed by atoms with E-state index in [4.69, 9.17) is 5.73 Å². The van der Waals surface area contributed by atoms with Crippen molar-refractivity contribution < 1.29 is 4.79 Å². The lowest BCUT2D eigenvalue weighted by atomic mass is 9.85. The van der Waals surface area contributed by atoms with Crippen molar-refractivity contribution in [3.8, 4) is 0 Å². The quantitative estimate of drug-likeness (QED) is 0.895. The maximum absolute atomic E-state index is 12.5. The fourth-order valence-corrected chi connectivity index (χ4v) is 4.40. The Kier molecular flexibility index (Phi) is 4.65. The molecule has 3 heterocycles. The Hall–Kier alpha value is -2.01. The van der Waals surface area contributed by atoms with Crippen LogP contribution in [0.25, 0.3) is 10.9 Å². The Labute approximate surface area is 155 Å². The molecule has 1 aliphatic heterocycles. The van der Waals surface area contributed by atoms with E-state index in [2.05, 4.69) is 27.9 Å². The minimum absolute atomic E-state index is 0.244. The van der Waals surface area contributed by atoms with Crippen LogP contribution in [0.15, 0.2) is 24.5 Å². The van der Waals surface area contributed by atoms with Crippen molar-refractivity contribution in [3.05, 3.63) is 30.2 Å². The van der Waals surface area contributed by atoms with Crippen LogP contribution < -0.4 is 10.6 Å². The second-order valence-electron chi connectivity index (χ2n) is 8.27. The Morgan fingerprint density at radius 1 is 1.35 bits per heavy atom. The molecule has 1 saturated carbocycles. The number of hydrogen-bond acceptors (Lipinski definition) is 5. The topological polar surface area (TPSA) is 72.1 Å². The van der Waals surface area contributed by atoms with Crippen LogP contribution in [0.2, 0.25) is 0 Å². The Balaban J connectivity index is 1.55. The maximum Gasteiger partial charge on any atom is 0.150 e. The molecule has 138 valence electrons.